The Hall–Kier alpha value is -1.22. The lowest BCUT2D eigenvalue weighted by Crippen LogP contribution is -2.40. The number of phenolic OH excluding ortho intramolecular Hbond substituents is 1. The molecule has 0 radical (unpaired) electrons. The minimum absolute atomic E-state index is 0.00376. The quantitative estimate of drug-likeness (QED) is 0.645. The van der Waals surface area contributed by atoms with Gasteiger partial charge < -0.3 is 10.4 Å². The van der Waals surface area contributed by atoms with Gasteiger partial charge in [-0.2, -0.15) is 0 Å². The first-order chi connectivity index (χ1) is 9.09. The van der Waals surface area contributed by atoms with Crippen LogP contribution in [0.15, 0.2) is 18.2 Å². The summed E-state index contributed by atoms with van der Waals surface area (Å²) < 4.78 is 0. The van der Waals surface area contributed by atoms with Gasteiger partial charge in [-0.3, -0.25) is 4.79 Å². The lowest BCUT2D eigenvalue weighted by Gasteiger charge is -2.21. The third kappa shape index (κ3) is 3.41. The van der Waals surface area contributed by atoms with Crippen molar-refractivity contribution in [3.63, 3.8) is 0 Å². The molecular formula is C15H20ClNO2. The van der Waals surface area contributed by atoms with E-state index in [1.165, 1.54) is 6.42 Å². The van der Waals surface area contributed by atoms with E-state index in [9.17, 15) is 9.90 Å². The fraction of sp³-hybridized carbons (Fsp3) is 0.533. The Morgan fingerprint density at radius 1 is 1.32 bits per heavy atom. The number of halogens is 1. The van der Waals surface area contributed by atoms with E-state index in [2.05, 4.69) is 5.32 Å². The molecule has 0 aromatic heterocycles. The van der Waals surface area contributed by atoms with E-state index < -0.39 is 0 Å². The Bertz CT molecular complexity index is 461. The second-order valence-electron chi connectivity index (χ2n) is 5.18. The molecule has 3 nitrogen and oxygen atoms in total. The molecular weight excluding hydrogens is 262 g/mol. The number of benzene rings is 1. The van der Waals surface area contributed by atoms with Gasteiger partial charge in [0, 0.05) is 17.2 Å². The molecule has 1 fully saturated rings. The average Bonchev–Trinajstić information content (AvgIpc) is 2.58. The Labute approximate surface area is 119 Å². The summed E-state index contributed by atoms with van der Waals surface area (Å²) in [5.74, 6) is 0.00175. The smallest absolute Gasteiger partial charge is 0.251 e. The Balaban J connectivity index is 2.09. The maximum atomic E-state index is 12.3. The zero-order chi connectivity index (χ0) is 13.8. The number of aromatic hydroxyl groups is 1. The van der Waals surface area contributed by atoms with Crippen molar-refractivity contribution in [1.82, 2.24) is 5.32 Å². The van der Waals surface area contributed by atoms with Crippen LogP contribution in [-0.4, -0.2) is 22.4 Å². The van der Waals surface area contributed by atoms with Crippen molar-refractivity contribution in [3.8, 4) is 5.75 Å². The Kier molecular flexibility index (Phi) is 4.70. The van der Waals surface area contributed by atoms with Crippen molar-refractivity contribution in [1.29, 1.82) is 0 Å². The highest BCUT2D eigenvalue weighted by Gasteiger charge is 2.24. The summed E-state index contributed by atoms with van der Waals surface area (Å²) in [5, 5.41) is 12.7. The molecule has 2 N–H and O–H groups in total. The van der Waals surface area contributed by atoms with Crippen LogP contribution in [0.4, 0.5) is 0 Å². The molecule has 1 aromatic rings. The summed E-state index contributed by atoms with van der Waals surface area (Å²) in [7, 11) is 0. The summed E-state index contributed by atoms with van der Waals surface area (Å²) in [6.07, 6.45) is 5.29. The molecule has 1 amide bonds. The second kappa shape index (κ2) is 6.29. The maximum absolute atomic E-state index is 12.3. The maximum Gasteiger partial charge on any atom is 0.251 e. The summed E-state index contributed by atoms with van der Waals surface area (Å²) in [4.78, 5) is 12.3. The van der Waals surface area contributed by atoms with Gasteiger partial charge in [0.25, 0.3) is 5.91 Å². The minimum atomic E-state index is -0.147. The molecule has 0 bridgehead atoms. The normalized spacial score (nSPS) is 23.7. The molecule has 104 valence electrons. The fourth-order valence-corrected chi connectivity index (χ4v) is 2.88. The molecule has 1 aliphatic carbocycles. The van der Waals surface area contributed by atoms with Crippen LogP contribution in [0.25, 0.3) is 0 Å². The summed E-state index contributed by atoms with van der Waals surface area (Å²) >= 11 is 6.33. The fourth-order valence-electron chi connectivity index (χ4n) is 2.54. The number of carbonyl (C=O) groups excluding carboxylic acids is 1. The van der Waals surface area contributed by atoms with E-state index in [0.29, 0.717) is 11.1 Å². The number of nitrogens with one attached hydrogen (secondary N) is 1. The van der Waals surface area contributed by atoms with E-state index in [1.54, 1.807) is 25.1 Å². The predicted molar refractivity (Wildman–Crippen MR) is 76.8 cm³/mol. The number of amides is 1. The molecule has 1 saturated carbocycles. The molecule has 1 aromatic carbocycles. The van der Waals surface area contributed by atoms with E-state index in [0.717, 1.165) is 25.7 Å². The number of carbonyl (C=O) groups is 1. The number of hydrogen-bond acceptors (Lipinski definition) is 2. The molecule has 0 saturated heterocycles. The van der Waals surface area contributed by atoms with Crippen molar-refractivity contribution >= 4 is 17.5 Å². The topological polar surface area (TPSA) is 49.3 Å². The van der Waals surface area contributed by atoms with Gasteiger partial charge in [0.1, 0.15) is 5.75 Å². The van der Waals surface area contributed by atoms with Crippen LogP contribution < -0.4 is 5.32 Å². The summed E-state index contributed by atoms with van der Waals surface area (Å²) in [6.45, 7) is 1.75. The van der Waals surface area contributed by atoms with Crippen molar-refractivity contribution < 1.29 is 9.90 Å². The van der Waals surface area contributed by atoms with E-state index in [-0.39, 0.29) is 23.1 Å². The second-order valence-corrected chi connectivity index (χ2v) is 5.74. The average molecular weight is 282 g/mol. The molecule has 0 aliphatic heterocycles. The standard InChI is InChI=1S/C15H20ClNO2/c1-10-11(6-5-9-14(10)18)15(19)17-13-8-4-2-3-7-12(13)16/h5-6,9,12-13,18H,2-4,7-8H2,1H3,(H,17,19). The SMILES string of the molecule is Cc1c(O)cccc1C(=O)NC1CCCCCC1Cl. The van der Waals surface area contributed by atoms with Gasteiger partial charge in [0.2, 0.25) is 0 Å². The lowest BCUT2D eigenvalue weighted by molar-refractivity contribution is 0.0933. The van der Waals surface area contributed by atoms with Crippen molar-refractivity contribution in [3.05, 3.63) is 29.3 Å². The zero-order valence-electron chi connectivity index (χ0n) is 11.2. The van der Waals surface area contributed by atoms with Gasteiger partial charge >= 0.3 is 0 Å². The minimum Gasteiger partial charge on any atom is -0.508 e. The van der Waals surface area contributed by atoms with Crippen LogP contribution in [0.2, 0.25) is 0 Å². The zero-order valence-corrected chi connectivity index (χ0v) is 11.9. The van der Waals surface area contributed by atoms with Crippen LogP contribution in [0.3, 0.4) is 0 Å². The third-order valence-corrected chi connectivity index (χ3v) is 4.32. The highest BCUT2D eigenvalue weighted by molar-refractivity contribution is 6.21. The van der Waals surface area contributed by atoms with Crippen LogP contribution in [0.5, 0.6) is 5.75 Å². The molecule has 1 aliphatic rings. The largest absolute Gasteiger partial charge is 0.508 e. The van der Waals surface area contributed by atoms with Crippen LogP contribution in [0, 0.1) is 6.92 Å². The predicted octanol–water partition coefficient (Wildman–Crippen LogP) is 3.37. The van der Waals surface area contributed by atoms with Gasteiger partial charge in [0.05, 0.1) is 5.38 Å². The summed E-state index contributed by atoms with van der Waals surface area (Å²) in [6, 6.07) is 5.02. The third-order valence-electron chi connectivity index (χ3n) is 3.80. The molecule has 19 heavy (non-hydrogen) atoms. The van der Waals surface area contributed by atoms with E-state index in [4.69, 9.17) is 11.6 Å². The number of alkyl halides is 1. The van der Waals surface area contributed by atoms with Gasteiger partial charge in [0.15, 0.2) is 0 Å². The first kappa shape index (κ1) is 14.2. The Morgan fingerprint density at radius 2 is 2.05 bits per heavy atom. The number of rotatable bonds is 2. The molecule has 0 heterocycles. The number of phenols is 1. The van der Waals surface area contributed by atoms with Gasteiger partial charge in [-0.1, -0.05) is 25.3 Å². The Morgan fingerprint density at radius 3 is 2.84 bits per heavy atom. The van der Waals surface area contributed by atoms with Crippen molar-refractivity contribution in [2.75, 3.05) is 0 Å². The molecule has 2 atom stereocenters. The van der Waals surface area contributed by atoms with Crippen LogP contribution in [-0.2, 0) is 0 Å². The molecule has 2 unspecified atom stereocenters. The monoisotopic (exact) mass is 281 g/mol. The highest BCUT2D eigenvalue weighted by Crippen LogP contribution is 2.24. The van der Waals surface area contributed by atoms with Crippen molar-refractivity contribution in [2.45, 2.75) is 50.4 Å². The summed E-state index contributed by atoms with van der Waals surface area (Å²) in [5.41, 5.74) is 1.13. The molecule has 2 rings (SSSR count). The lowest BCUT2D eigenvalue weighted by atomic mass is 10.0. The highest BCUT2D eigenvalue weighted by atomic mass is 35.5. The van der Waals surface area contributed by atoms with E-state index >= 15 is 0 Å². The first-order valence-corrected chi connectivity index (χ1v) is 7.26. The van der Waals surface area contributed by atoms with E-state index in [1.807, 2.05) is 0 Å². The van der Waals surface area contributed by atoms with Crippen LogP contribution in [0.1, 0.15) is 48.0 Å². The van der Waals surface area contributed by atoms with Gasteiger partial charge in [-0.25, -0.2) is 0 Å². The van der Waals surface area contributed by atoms with Gasteiger partial charge in [-0.15, -0.1) is 11.6 Å². The number of hydrogen-bond donors (Lipinski definition) is 2. The van der Waals surface area contributed by atoms with Crippen LogP contribution >= 0.6 is 11.6 Å². The molecule has 0 spiro atoms. The first-order valence-electron chi connectivity index (χ1n) is 6.83. The van der Waals surface area contributed by atoms with Crippen molar-refractivity contribution in [2.24, 2.45) is 0 Å². The van der Waals surface area contributed by atoms with Gasteiger partial charge in [-0.05, 0) is 31.9 Å². The molecule has 4 heteroatoms.